The van der Waals surface area contributed by atoms with Crippen LogP contribution in [0.1, 0.15) is 24.0 Å². The molecule has 0 bridgehead atoms. The van der Waals surface area contributed by atoms with Gasteiger partial charge < -0.3 is 9.47 Å². The van der Waals surface area contributed by atoms with Crippen molar-refractivity contribution in [1.82, 2.24) is 4.90 Å². The van der Waals surface area contributed by atoms with Crippen LogP contribution in [-0.4, -0.2) is 29.8 Å². The van der Waals surface area contributed by atoms with E-state index in [9.17, 15) is 9.59 Å². The number of benzene rings is 2. The van der Waals surface area contributed by atoms with E-state index in [1.807, 2.05) is 0 Å². The van der Waals surface area contributed by atoms with Crippen molar-refractivity contribution in [3.8, 4) is 17.6 Å². The number of hydrogen-bond donors (Lipinski definition) is 0. The zero-order chi connectivity index (χ0) is 22.4. The number of thioether (sulfide) groups is 1. The Bertz CT molecular complexity index is 1080. The molecule has 0 spiro atoms. The molecule has 1 fully saturated rings. The van der Waals surface area contributed by atoms with Crippen LogP contribution in [0.2, 0.25) is 10.0 Å². The third-order valence-corrected chi connectivity index (χ3v) is 5.89. The van der Waals surface area contributed by atoms with Crippen LogP contribution in [0.25, 0.3) is 6.08 Å². The fourth-order valence-electron chi connectivity index (χ4n) is 2.83. The summed E-state index contributed by atoms with van der Waals surface area (Å²) in [6.45, 7) is 0.465. The van der Waals surface area contributed by atoms with Gasteiger partial charge in [-0.25, -0.2) is 0 Å². The number of hydrogen-bond acceptors (Lipinski definition) is 6. The molecule has 160 valence electrons. The van der Waals surface area contributed by atoms with Gasteiger partial charge in [0.15, 0.2) is 11.5 Å². The van der Waals surface area contributed by atoms with E-state index in [0.29, 0.717) is 57.0 Å². The lowest BCUT2D eigenvalue weighted by Crippen LogP contribution is -2.27. The number of carbonyl (C=O) groups excluding carboxylic acids is 2. The third-order valence-electron chi connectivity index (χ3n) is 4.39. The molecule has 3 rings (SSSR count). The number of nitrogens with zero attached hydrogens (tertiary/aromatic N) is 2. The summed E-state index contributed by atoms with van der Waals surface area (Å²) >= 11 is 12.9. The predicted octanol–water partition coefficient (Wildman–Crippen LogP) is 5.92. The molecule has 2 amide bonds. The summed E-state index contributed by atoms with van der Waals surface area (Å²) < 4.78 is 11.0. The van der Waals surface area contributed by atoms with Crippen molar-refractivity contribution in [1.29, 1.82) is 5.26 Å². The molecule has 0 radical (unpaired) electrons. The molecule has 0 aromatic heterocycles. The molecule has 2 aromatic rings. The second-order valence-corrected chi connectivity index (χ2v) is 8.36. The number of ether oxygens (including phenoxy) is 2. The Morgan fingerprint density at radius 1 is 1.16 bits per heavy atom. The minimum atomic E-state index is -0.392. The summed E-state index contributed by atoms with van der Waals surface area (Å²) in [7, 11) is 1.52. The van der Waals surface area contributed by atoms with Gasteiger partial charge in [-0.1, -0.05) is 35.3 Å². The highest BCUT2D eigenvalue weighted by Gasteiger charge is 2.35. The van der Waals surface area contributed by atoms with E-state index in [2.05, 4.69) is 6.07 Å². The zero-order valence-corrected chi connectivity index (χ0v) is 18.9. The molecule has 0 saturated carbocycles. The molecule has 0 unspecified atom stereocenters. The Labute approximate surface area is 194 Å². The van der Waals surface area contributed by atoms with E-state index < -0.39 is 5.91 Å². The summed E-state index contributed by atoms with van der Waals surface area (Å²) in [5.74, 6) is 0.651. The molecule has 9 heteroatoms. The van der Waals surface area contributed by atoms with Crippen molar-refractivity contribution in [2.45, 2.75) is 19.4 Å². The highest BCUT2D eigenvalue weighted by molar-refractivity contribution is 8.18. The van der Waals surface area contributed by atoms with Crippen LogP contribution < -0.4 is 9.47 Å². The van der Waals surface area contributed by atoms with E-state index in [-0.39, 0.29) is 11.8 Å². The SMILES string of the molecule is COc1cc(/C=C2\SC(=O)N(Cc3ccc(Cl)cc3Cl)C2=O)ccc1OCCCC#N. The highest BCUT2D eigenvalue weighted by Crippen LogP contribution is 2.36. The van der Waals surface area contributed by atoms with E-state index in [4.69, 9.17) is 37.9 Å². The van der Waals surface area contributed by atoms with Crippen molar-refractivity contribution in [3.63, 3.8) is 0 Å². The lowest BCUT2D eigenvalue weighted by molar-refractivity contribution is -0.123. The van der Waals surface area contributed by atoms with Gasteiger partial charge in [-0.05, 0) is 59.7 Å². The van der Waals surface area contributed by atoms with Crippen molar-refractivity contribution in [3.05, 3.63) is 62.5 Å². The molecule has 0 N–H and O–H groups in total. The highest BCUT2D eigenvalue weighted by atomic mass is 35.5. The lowest BCUT2D eigenvalue weighted by atomic mass is 10.1. The molecule has 1 aliphatic heterocycles. The van der Waals surface area contributed by atoms with Crippen molar-refractivity contribution in [2.24, 2.45) is 0 Å². The maximum atomic E-state index is 12.8. The van der Waals surface area contributed by atoms with Crippen LogP contribution in [0.5, 0.6) is 11.5 Å². The monoisotopic (exact) mass is 476 g/mol. The minimum Gasteiger partial charge on any atom is -0.493 e. The first-order chi connectivity index (χ1) is 14.9. The first-order valence-electron chi connectivity index (χ1n) is 9.30. The number of unbranched alkanes of at least 4 members (excludes halogenated alkanes) is 1. The van der Waals surface area contributed by atoms with Gasteiger partial charge in [0.2, 0.25) is 0 Å². The maximum Gasteiger partial charge on any atom is 0.293 e. The molecular formula is C22H18Cl2N2O4S. The molecule has 1 heterocycles. The van der Waals surface area contributed by atoms with Gasteiger partial charge in [-0.15, -0.1) is 0 Å². The number of halogens is 2. The Balaban J connectivity index is 1.75. The van der Waals surface area contributed by atoms with Gasteiger partial charge in [-0.2, -0.15) is 5.26 Å². The normalized spacial score (nSPS) is 14.8. The van der Waals surface area contributed by atoms with Gasteiger partial charge in [0, 0.05) is 16.5 Å². The van der Waals surface area contributed by atoms with Gasteiger partial charge in [-0.3, -0.25) is 14.5 Å². The van der Waals surface area contributed by atoms with Gasteiger partial charge in [0.1, 0.15) is 0 Å². The van der Waals surface area contributed by atoms with Crippen molar-refractivity contribution in [2.75, 3.05) is 13.7 Å². The van der Waals surface area contributed by atoms with Crippen LogP contribution in [0.3, 0.4) is 0 Å². The van der Waals surface area contributed by atoms with Crippen LogP contribution >= 0.6 is 35.0 Å². The standard InChI is InChI=1S/C22H18Cl2N2O4S/c1-29-19-10-14(4-7-18(19)30-9-3-2-8-25)11-20-21(27)26(22(28)31-20)13-15-5-6-16(23)12-17(15)24/h4-7,10-12H,2-3,9,13H2,1H3/b20-11-. The van der Waals surface area contributed by atoms with E-state index in [1.54, 1.807) is 42.5 Å². The van der Waals surface area contributed by atoms with Crippen molar-refractivity contribution >= 4 is 52.2 Å². The summed E-state index contributed by atoms with van der Waals surface area (Å²) in [5, 5.41) is 9.10. The summed E-state index contributed by atoms with van der Waals surface area (Å²) in [4.78, 5) is 26.7. The average Bonchev–Trinajstić information content (AvgIpc) is 3.01. The van der Waals surface area contributed by atoms with Crippen molar-refractivity contribution < 1.29 is 19.1 Å². The molecule has 1 saturated heterocycles. The fourth-order valence-corrected chi connectivity index (χ4v) is 4.14. The second kappa shape index (κ2) is 10.6. The first-order valence-corrected chi connectivity index (χ1v) is 10.9. The van der Waals surface area contributed by atoms with E-state index in [1.165, 1.54) is 7.11 Å². The van der Waals surface area contributed by atoms with Gasteiger partial charge in [0.05, 0.1) is 31.2 Å². The van der Waals surface area contributed by atoms with Gasteiger partial charge in [0.25, 0.3) is 11.1 Å². The zero-order valence-electron chi connectivity index (χ0n) is 16.6. The molecule has 6 nitrogen and oxygen atoms in total. The average molecular weight is 477 g/mol. The number of rotatable bonds is 8. The summed E-state index contributed by atoms with van der Waals surface area (Å²) in [5.41, 5.74) is 1.32. The smallest absolute Gasteiger partial charge is 0.293 e. The van der Waals surface area contributed by atoms with Crippen LogP contribution in [0.15, 0.2) is 41.3 Å². The number of imide groups is 1. The Morgan fingerprint density at radius 3 is 2.68 bits per heavy atom. The van der Waals surface area contributed by atoms with Crippen LogP contribution in [-0.2, 0) is 11.3 Å². The summed E-state index contributed by atoms with van der Waals surface area (Å²) in [6, 6.07) is 12.2. The summed E-state index contributed by atoms with van der Waals surface area (Å²) in [6.07, 6.45) is 2.67. The largest absolute Gasteiger partial charge is 0.493 e. The van der Waals surface area contributed by atoms with Crippen LogP contribution in [0, 0.1) is 11.3 Å². The number of methoxy groups -OCH3 is 1. The molecule has 2 aromatic carbocycles. The molecular weight excluding hydrogens is 459 g/mol. The number of amides is 2. The van der Waals surface area contributed by atoms with Gasteiger partial charge >= 0.3 is 0 Å². The Kier molecular flexibility index (Phi) is 7.85. The first kappa shape index (κ1) is 23.0. The quantitative estimate of drug-likeness (QED) is 0.347. The van der Waals surface area contributed by atoms with E-state index >= 15 is 0 Å². The lowest BCUT2D eigenvalue weighted by Gasteiger charge is -2.13. The Morgan fingerprint density at radius 2 is 1.97 bits per heavy atom. The van der Waals surface area contributed by atoms with E-state index in [0.717, 1.165) is 16.7 Å². The number of carbonyl (C=O) groups is 2. The minimum absolute atomic E-state index is 0.0663. The Hall–Kier alpha value is -2.66. The molecule has 0 atom stereocenters. The predicted molar refractivity (Wildman–Crippen MR) is 121 cm³/mol. The third kappa shape index (κ3) is 5.73. The molecule has 0 aliphatic carbocycles. The van der Waals surface area contributed by atoms with Crippen LogP contribution in [0.4, 0.5) is 4.79 Å². The number of nitriles is 1. The second-order valence-electron chi connectivity index (χ2n) is 6.52. The topological polar surface area (TPSA) is 79.6 Å². The maximum absolute atomic E-state index is 12.8. The molecule has 1 aliphatic rings. The fraction of sp³-hybridized carbons (Fsp3) is 0.227. The molecule has 31 heavy (non-hydrogen) atoms.